The third-order valence-electron chi connectivity index (χ3n) is 6.35. The first-order valence-electron chi connectivity index (χ1n) is 13.0. The normalized spacial score (nSPS) is 12.0. The molecule has 3 aromatic carbocycles. The standard InChI is InChI=1S/C29H31Cl4N3O4S/c1-3-5-14-34-29(38)27(4-2)35(18-24-25(32)12-9-13-26(24)33)28(37)19-36(22-16-20(30)15-21(31)17-22)41(39,40)23-10-7-6-8-11-23/h6-13,15-17,27H,3-5,14,18-19H2,1-2H3,(H,34,38)/t27-/m1/s1. The van der Waals surface area contributed by atoms with Crippen molar-refractivity contribution in [1.29, 1.82) is 0 Å². The van der Waals surface area contributed by atoms with Crippen LogP contribution in [0.5, 0.6) is 0 Å². The largest absolute Gasteiger partial charge is 0.354 e. The molecule has 220 valence electrons. The van der Waals surface area contributed by atoms with Crippen molar-refractivity contribution in [2.24, 2.45) is 0 Å². The maximum atomic E-state index is 14.1. The summed E-state index contributed by atoms with van der Waals surface area (Å²) < 4.78 is 28.7. The number of carbonyl (C=O) groups excluding carboxylic acids is 2. The number of hydrogen-bond acceptors (Lipinski definition) is 4. The SMILES string of the molecule is CCCCNC(=O)[C@@H](CC)N(Cc1c(Cl)cccc1Cl)C(=O)CN(c1cc(Cl)cc(Cl)c1)S(=O)(=O)c1ccccc1. The Labute approximate surface area is 261 Å². The molecule has 0 aromatic heterocycles. The number of rotatable bonds is 13. The third-order valence-corrected chi connectivity index (χ3v) is 9.28. The number of nitrogens with one attached hydrogen (secondary N) is 1. The van der Waals surface area contributed by atoms with E-state index in [1.807, 2.05) is 6.92 Å². The van der Waals surface area contributed by atoms with Gasteiger partial charge in [0.2, 0.25) is 11.8 Å². The van der Waals surface area contributed by atoms with E-state index in [9.17, 15) is 18.0 Å². The first-order chi connectivity index (χ1) is 19.5. The van der Waals surface area contributed by atoms with Crippen LogP contribution in [0.4, 0.5) is 5.69 Å². The zero-order valence-electron chi connectivity index (χ0n) is 22.6. The maximum Gasteiger partial charge on any atom is 0.264 e. The van der Waals surface area contributed by atoms with Gasteiger partial charge in [-0.25, -0.2) is 8.42 Å². The number of unbranched alkanes of at least 4 members (excludes halogenated alkanes) is 1. The van der Waals surface area contributed by atoms with E-state index in [-0.39, 0.29) is 39.5 Å². The molecule has 41 heavy (non-hydrogen) atoms. The van der Waals surface area contributed by atoms with Gasteiger partial charge in [0.25, 0.3) is 10.0 Å². The lowest BCUT2D eigenvalue weighted by Crippen LogP contribution is -2.52. The molecule has 0 heterocycles. The summed E-state index contributed by atoms with van der Waals surface area (Å²) in [4.78, 5) is 28.7. The van der Waals surface area contributed by atoms with Gasteiger partial charge < -0.3 is 10.2 Å². The first kappa shape index (κ1) is 33.0. The molecule has 0 aliphatic heterocycles. The van der Waals surface area contributed by atoms with Crippen LogP contribution >= 0.6 is 46.4 Å². The topological polar surface area (TPSA) is 86.8 Å². The first-order valence-corrected chi connectivity index (χ1v) is 16.0. The van der Waals surface area contributed by atoms with Gasteiger partial charge in [0.05, 0.1) is 10.6 Å². The summed E-state index contributed by atoms with van der Waals surface area (Å²) in [5.74, 6) is -1.00. The number of hydrogen-bond donors (Lipinski definition) is 1. The highest BCUT2D eigenvalue weighted by Crippen LogP contribution is 2.31. The quantitative estimate of drug-likeness (QED) is 0.197. The van der Waals surface area contributed by atoms with Gasteiger partial charge in [-0.05, 0) is 55.3 Å². The highest BCUT2D eigenvalue weighted by atomic mass is 35.5. The predicted molar refractivity (Wildman–Crippen MR) is 166 cm³/mol. The van der Waals surface area contributed by atoms with Crippen molar-refractivity contribution in [3.63, 3.8) is 0 Å². The second-order valence-electron chi connectivity index (χ2n) is 9.24. The molecule has 0 aliphatic carbocycles. The van der Waals surface area contributed by atoms with Gasteiger partial charge in [-0.1, -0.05) is 90.9 Å². The predicted octanol–water partition coefficient (Wildman–Crippen LogP) is 7.22. The Balaban J connectivity index is 2.10. The number of anilines is 1. The van der Waals surface area contributed by atoms with Crippen LogP contribution in [0.1, 0.15) is 38.7 Å². The summed E-state index contributed by atoms with van der Waals surface area (Å²) in [6, 6.07) is 16.0. The molecule has 0 unspecified atom stereocenters. The molecule has 2 amide bonds. The molecular weight excluding hydrogens is 628 g/mol. The summed E-state index contributed by atoms with van der Waals surface area (Å²) in [5.41, 5.74) is 0.531. The van der Waals surface area contributed by atoms with Crippen LogP contribution in [0, 0.1) is 0 Å². The van der Waals surface area contributed by atoms with Crippen LogP contribution in [0.15, 0.2) is 71.6 Å². The van der Waals surface area contributed by atoms with E-state index >= 15 is 0 Å². The molecule has 0 bridgehead atoms. The molecule has 1 N–H and O–H groups in total. The Kier molecular flexibility index (Phi) is 12.2. The summed E-state index contributed by atoms with van der Waals surface area (Å²) in [6.07, 6.45) is 1.91. The van der Waals surface area contributed by atoms with Crippen molar-refractivity contribution in [2.45, 2.75) is 50.6 Å². The molecule has 0 saturated heterocycles. The molecule has 0 radical (unpaired) electrons. The summed E-state index contributed by atoms with van der Waals surface area (Å²) >= 11 is 25.3. The molecule has 0 aliphatic rings. The van der Waals surface area contributed by atoms with Gasteiger partial charge in [-0.15, -0.1) is 0 Å². The summed E-state index contributed by atoms with van der Waals surface area (Å²) in [5, 5.41) is 3.88. The summed E-state index contributed by atoms with van der Waals surface area (Å²) in [7, 11) is -4.26. The smallest absolute Gasteiger partial charge is 0.264 e. The minimum absolute atomic E-state index is 0.0334. The van der Waals surface area contributed by atoms with E-state index in [1.54, 1.807) is 43.3 Å². The van der Waals surface area contributed by atoms with Crippen molar-refractivity contribution in [1.82, 2.24) is 10.2 Å². The van der Waals surface area contributed by atoms with Crippen molar-refractivity contribution >= 4 is 73.9 Å². The fourth-order valence-electron chi connectivity index (χ4n) is 4.21. The highest BCUT2D eigenvalue weighted by Gasteiger charge is 2.34. The number of benzene rings is 3. The zero-order chi connectivity index (χ0) is 30.2. The van der Waals surface area contributed by atoms with E-state index in [0.717, 1.165) is 17.1 Å². The van der Waals surface area contributed by atoms with Crippen molar-refractivity contribution in [2.75, 3.05) is 17.4 Å². The maximum absolute atomic E-state index is 14.1. The van der Waals surface area contributed by atoms with Crippen LogP contribution in [-0.2, 0) is 26.2 Å². The summed E-state index contributed by atoms with van der Waals surface area (Å²) in [6.45, 7) is 3.45. The van der Waals surface area contributed by atoms with Gasteiger partial charge in [0, 0.05) is 38.7 Å². The number of carbonyl (C=O) groups is 2. The lowest BCUT2D eigenvalue weighted by Gasteiger charge is -2.33. The highest BCUT2D eigenvalue weighted by molar-refractivity contribution is 7.92. The fraction of sp³-hybridized carbons (Fsp3) is 0.310. The molecule has 3 aromatic rings. The van der Waals surface area contributed by atoms with Crippen molar-refractivity contribution in [3.8, 4) is 0 Å². The minimum atomic E-state index is -4.26. The van der Waals surface area contributed by atoms with Crippen LogP contribution in [0.25, 0.3) is 0 Å². The third kappa shape index (κ3) is 8.52. The van der Waals surface area contributed by atoms with Gasteiger partial charge in [-0.2, -0.15) is 0 Å². The Bertz CT molecular complexity index is 1430. The van der Waals surface area contributed by atoms with Crippen molar-refractivity contribution in [3.05, 3.63) is 92.4 Å². The average Bonchev–Trinajstić information content (AvgIpc) is 2.93. The van der Waals surface area contributed by atoms with Gasteiger partial charge in [-0.3, -0.25) is 13.9 Å². The van der Waals surface area contributed by atoms with Gasteiger partial charge in [0.1, 0.15) is 12.6 Å². The molecule has 0 fully saturated rings. The molecule has 12 heteroatoms. The zero-order valence-corrected chi connectivity index (χ0v) is 26.5. The molecule has 1 atom stereocenters. The van der Waals surface area contributed by atoms with Gasteiger partial charge in [0.15, 0.2) is 0 Å². The Morgan fingerprint density at radius 3 is 2.05 bits per heavy atom. The van der Waals surface area contributed by atoms with Crippen LogP contribution < -0.4 is 9.62 Å². The van der Waals surface area contributed by atoms with Crippen LogP contribution in [0.3, 0.4) is 0 Å². The molecule has 0 spiro atoms. The lowest BCUT2D eigenvalue weighted by atomic mass is 10.1. The fourth-order valence-corrected chi connectivity index (χ4v) is 6.66. The van der Waals surface area contributed by atoms with Crippen molar-refractivity contribution < 1.29 is 18.0 Å². The number of sulfonamides is 1. The van der Waals surface area contributed by atoms with Crippen LogP contribution in [0.2, 0.25) is 20.1 Å². The number of nitrogens with zero attached hydrogens (tertiary/aromatic N) is 2. The van der Waals surface area contributed by atoms with E-state index in [2.05, 4.69) is 5.32 Å². The monoisotopic (exact) mass is 657 g/mol. The molecule has 7 nitrogen and oxygen atoms in total. The van der Waals surface area contributed by atoms with E-state index in [0.29, 0.717) is 22.2 Å². The number of halogens is 4. The molecular formula is C29H31Cl4N3O4S. The van der Waals surface area contributed by atoms with E-state index in [1.165, 1.54) is 35.2 Å². The second kappa shape index (κ2) is 15.1. The molecule has 3 rings (SSSR count). The molecule has 0 saturated carbocycles. The number of amides is 2. The Morgan fingerprint density at radius 1 is 0.878 bits per heavy atom. The minimum Gasteiger partial charge on any atom is -0.354 e. The Hall–Kier alpha value is -2.49. The Morgan fingerprint density at radius 2 is 1.49 bits per heavy atom. The van der Waals surface area contributed by atoms with E-state index < -0.39 is 28.5 Å². The second-order valence-corrected chi connectivity index (χ2v) is 12.8. The average molecular weight is 659 g/mol. The van der Waals surface area contributed by atoms with Crippen LogP contribution in [-0.4, -0.2) is 44.3 Å². The lowest BCUT2D eigenvalue weighted by molar-refractivity contribution is -0.140. The van der Waals surface area contributed by atoms with E-state index in [4.69, 9.17) is 46.4 Å². The van der Waals surface area contributed by atoms with Gasteiger partial charge >= 0.3 is 0 Å².